The van der Waals surface area contributed by atoms with Crippen LogP contribution in [-0.2, 0) is 0 Å². The summed E-state index contributed by atoms with van der Waals surface area (Å²) in [5, 5.41) is 0. The lowest BCUT2D eigenvalue weighted by Crippen LogP contribution is -2.32. The minimum atomic E-state index is 0.386. The maximum absolute atomic E-state index is 6.01. The van der Waals surface area contributed by atoms with E-state index >= 15 is 0 Å². The standard InChI is InChI=1S/C15H30N2/c1-13(16)15-9-10-17(12-15)11-14-7-5-3-2-4-6-8-14/h13-15H,2-12,16H2,1H3. The van der Waals surface area contributed by atoms with Crippen molar-refractivity contribution in [3.05, 3.63) is 0 Å². The van der Waals surface area contributed by atoms with Crippen LogP contribution in [0, 0.1) is 11.8 Å². The molecule has 0 radical (unpaired) electrons. The topological polar surface area (TPSA) is 29.3 Å². The van der Waals surface area contributed by atoms with Crippen molar-refractivity contribution in [2.75, 3.05) is 19.6 Å². The van der Waals surface area contributed by atoms with Crippen LogP contribution < -0.4 is 5.73 Å². The molecule has 100 valence electrons. The lowest BCUT2D eigenvalue weighted by molar-refractivity contribution is 0.235. The Morgan fingerprint density at radius 3 is 2.29 bits per heavy atom. The molecule has 0 spiro atoms. The highest BCUT2D eigenvalue weighted by Crippen LogP contribution is 2.26. The van der Waals surface area contributed by atoms with Gasteiger partial charge >= 0.3 is 0 Å². The van der Waals surface area contributed by atoms with Gasteiger partial charge < -0.3 is 10.6 Å². The summed E-state index contributed by atoms with van der Waals surface area (Å²) in [6.45, 7) is 6.07. The van der Waals surface area contributed by atoms with E-state index in [1.54, 1.807) is 0 Å². The van der Waals surface area contributed by atoms with Crippen LogP contribution in [0.2, 0.25) is 0 Å². The fourth-order valence-corrected chi connectivity index (χ4v) is 3.55. The molecular weight excluding hydrogens is 208 g/mol. The summed E-state index contributed by atoms with van der Waals surface area (Å²) in [4.78, 5) is 2.68. The molecule has 2 unspecified atom stereocenters. The second-order valence-electron chi connectivity index (χ2n) is 6.38. The molecule has 2 nitrogen and oxygen atoms in total. The SMILES string of the molecule is CC(N)C1CCN(CC2CCCCCCC2)C1. The van der Waals surface area contributed by atoms with Gasteiger partial charge in [-0.25, -0.2) is 0 Å². The highest BCUT2D eigenvalue weighted by Gasteiger charge is 2.26. The Balaban J connectivity index is 1.72. The van der Waals surface area contributed by atoms with Crippen molar-refractivity contribution >= 4 is 0 Å². The van der Waals surface area contributed by atoms with Gasteiger partial charge in [-0.1, -0.05) is 32.1 Å². The summed E-state index contributed by atoms with van der Waals surface area (Å²) < 4.78 is 0. The highest BCUT2D eigenvalue weighted by atomic mass is 15.1. The van der Waals surface area contributed by atoms with E-state index in [1.165, 1.54) is 71.0 Å². The Bertz CT molecular complexity index is 207. The molecular formula is C15H30N2. The predicted octanol–water partition coefficient (Wildman–Crippen LogP) is 3.02. The third kappa shape index (κ3) is 4.26. The molecule has 1 aliphatic heterocycles. The zero-order valence-corrected chi connectivity index (χ0v) is 11.5. The Hall–Kier alpha value is -0.0800. The largest absolute Gasteiger partial charge is 0.328 e. The first kappa shape index (κ1) is 13.4. The van der Waals surface area contributed by atoms with E-state index in [1.807, 2.05) is 0 Å². The number of nitrogens with two attached hydrogens (primary N) is 1. The van der Waals surface area contributed by atoms with Gasteiger partial charge in [-0.2, -0.15) is 0 Å². The van der Waals surface area contributed by atoms with Crippen LogP contribution in [0.4, 0.5) is 0 Å². The first-order chi connectivity index (χ1) is 8.25. The van der Waals surface area contributed by atoms with Crippen LogP contribution in [0.25, 0.3) is 0 Å². The number of rotatable bonds is 3. The molecule has 2 heteroatoms. The van der Waals surface area contributed by atoms with Gasteiger partial charge in [0.25, 0.3) is 0 Å². The highest BCUT2D eigenvalue weighted by molar-refractivity contribution is 4.82. The van der Waals surface area contributed by atoms with Crippen LogP contribution >= 0.6 is 0 Å². The molecule has 0 aromatic carbocycles. The molecule has 2 aliphatic rings. The molecule has 1 saturated heterocycles. The van der Waals surface area contributed by atoms with Gasteiger partial charge in [-0.15, -0.1) is 0 Å². The molecule has 0 bridgehead atoms. The van der Waals surface area contributed by atoms with E-state index in [9.17, 15) is 0 Å². The summed E-state index contributed by atoms with van der Waals surface area (Å²) in [5.74, 6) is 1.73. The van der Waals surface area contributed by atoms with Gasteiger partial charge in [0.05, 0.1) is 0 Å². The van der Waals surface area contributed by atoms with Gasteiger partial charge in [0.2, 0.25) is 0 Å². The molecule has 2 fully saturated rings. The number of hydrogen-bond acceptors (Lipinski definition) is 2. The smallest absolute Gasteiger partial charge is 0.00514 e. The minimum absolute atomic E-state index is 0.386. The third-order valence-corrected chi connectivity index (χ3v) is 4.79. The van der Waals surface area contributed by atoms with Crippen molar-refractivity contribution in [3.8, 4) is 0 Å². The quantitative estimate of drug-likeness (QED) is 0.819. The van der Waals surface area contributed by atoms with Crippen LogP contribution in [0.1, 0.15) is 58.3 Å². The van der Waals surface area contributed by atoms with Gasteiger partial charge in [0.15, 0.2) is 0 Å². The Morgan fingerprint density at radius 1 is 1.06 bits per heavy atom. The normalized spacial score (nSPS) is 31.1. The van der Waals surface area contributed by atoms with Crippen LogP contribution in [0.3, 0.4) is 0 Å². The summed E-state index contributed by atoms with van der Waals surface area (Å²) in [7, 11) is 0. The summed E-state index contributed by atoms with van der Waals surface area (Å²) in [6, 6.07) is 0.386. The molecule has 1 aliphatic carbocycles. The average molecular weight is 238 g/mol. The molecule has 0 aromatic heterocycles. The van der Waals surface area contributed by atoms with Gasteiger partial charge in [0.1, 0.15) is 0 Å². The number of nitrogens with zero attached hydrogens (tertiary/aromatic N) is 1. The Morgan fingerprint density at radius 2 is 1.71 bits per heavy atom. The monoisotopic (exact) mass is 238 g/mol. The van der Waals surface area contributed by atoms with E-state index < -0.39 is 0 Å². The molecule has 2 rings (SSSR count). The first-order valence-corrected chi connectivity index (χ1v) is 7.73. The fraction of sp³-hybridized carbons (Fsp3) is 1.00. The zero-order valence-electron chi connectivity index (χ0n) is 11.5. The van der Waals surface area contributed by atoms with Gasteiger partial charge in [0, 0.05) is 19.1 Å². The molecule has 1 saturated carbocycles. The van der Waals surface area contributed by atoms with Crippen molar-refractivity contribution in [1.29, 1.82) is 0 Å². The lowest BCUT2D eigenvalue weighted by atomic mass is 9.91. The van der Waals surface area contributed by atoms with E-state index in [0.29, 0.717) is 6.04 Å². The maximum atomic E-state index is 6.01. The molecule has 2 N–H and O–H groups in total. The van der Waals surface area contributed by atoms with Crippen molar-refractivity contribution in [2.24, 2.45) is 17.6 Å². The van der Waals surface area contributed by atoms with E-state index in [-0.39, 0.29) is 0 Å². The summed E-state index contributed by atoms with van der Waals surface area (Å²) >= 11 is 0. The van der Waals surface area contributed by atoms with E-state index in [4.69, 9.17) is 5.73 Å². The zero-order chi connectivity index (χ0) is 12.1. The molecule has 0 amide bonds. The summed E-state index contributed by atoms with van der Waals surface area (Å²) in [6.07, 6.45) is 11.6. The third-order valence-electron chi connectivity index (χ3n) is 4.79. The lowest BCUT2D eigenvalue weighted by Gasteiger charge is -2.25. The predicted molar refractivity (Wildman–Crippen MR) is 74.0 cm³/mol. The van der Waals surface area contributed by atoms with Crippen molar-refractivity contribution in [2.45, 2.75) is 64.3 Å². The molecule has 17 heavy (non-hydrogen) atoms. The maximum Gasteiger partial charge on any atom is 0.00514 e. The number of hydrogen-bond donors (Lipinski definition) is 1. The van der Waals surface area contributed by atoms with Crippen LogP contribution in [-0.4, -0.2) is 30.6 Å². The number of likely N-dealkylation sites (tertiary alicyclic amines) is 1. The van der Waals surface area contributed by atoms with Crippen molar-refractivity contribution in [3.63, 3.8) is 0 Å². The Labute approximate surface area is 107 Å². The van der Waals surface area contributed by atoms with Gasteiger partial charge in [-0.3, -0.25) is 0 Å². The molecule has 0 aromatic rings. The molecule has 1 heterocycles. The second-order valence-corrected chi connectivity index (χ2v) is 6.38. The van der Waals surface area contributed by atoms with E-state index in [2.05, 4.69) is 11.8 Å². The van der Waals surface area contributed by atoms with Crippen molar-refractivity contribution in [1.82, 2.24) is 4.90 Å². The van der Waals surface area contributed by atoms with Crippen LogP contribution in [0.15, 0.2) is 0 Å². The van der Waals surface area contributed by atoms with Crippen LogP contribution in [0.5, 0.6) is 0 Å². The second kappa shape index (κ2) is 6.75. The van der Waals surface area contributed by atoms with Gasteiger partial charge in [-0.05, 0) is 44.6 Å². The average Bonchev–Trinajstić information content (AvgIpc) is 2.70. The van der Waals surface area contributed by atoms with Crippen molar-refractivity contribution < 1.29 is 0 Å². The first-order valence-electron chi connectivity index (χ1n) is 7.73. The summed E-state index contributed by atoms with van der Waals surface area (Å²) in [5.41, 5.74) is 6.01. The fourth-order valence-electron chi connectivity index (χ4n) is 3.55. The Kier molecular flexibility index (Phi) is 5.30. The van der Waals surface area contributed by atoms with E-state index in [0.717, 1.165) is 11.8 Å². The minimum Gasteiger partial charge on any atom is -0.328 e. The molecule has 2 atom stereocenters.